The third-order valence-corrected chi connectivity index (χ3v) is 5.50. The van der Waals surface area contributed by atoms with Crippen LogP contribution in [0.2, 0.25) is 0 Å². The second kappa shape index (κ2) is 4.54. The van der Waals surface area contributed by atoms with Crippen molar-refractivity contribution in [3.63, 3.8) is 0 Å². The van der Waals surface area contributed by atoms with Crippen LogP contribution in [0.1, 0.15) is 23.2 Å². The van der Waals surface area contributed by atoms with Gasteiger partial charge in [-0.15, -0.1) is 0 Å². The number of nitrogens with zero attached hydrogens (tertiary/aromatic N) is 1. The Bertz CT molecular complexity index is 833. The molecule has 1 aromatic heterocycles. The van der Waals surface area contributed by atoms with Gasteiger partial charge in [-0.25, -0.2) is 4.79 Å². The summed E-state index contributed by atoms with van der Waals surface area (Å²) in [4.78, 5) is 28.5. The number of aromatic nitrogens is 1. The Balaban J connectivity index is 1.40. The highest BCUT2D eigenvalue weighted by molar-refractivity contribution is 5.94. The Hall–Kier alpha value is -2.43. The average molecular weight is 309 g/mol. The first kappa shape index (κ1) is 13.0. The van der Waals surface area contributed by atoms with Crippen LogP contribution in [0.15, 0.2) is 36.5 Å². The predicted molar refractivity (Wildman–Crippen MR) is 80.5 cm³/mol. The highest BCUT2D eigenvalue weighted by Gasteiger charge is 2.63. The van der Waals surface area contributed by atoms with Crippen LogP contribution in [0.5, 0.6) is 0 Å². The minimum Gasteiger partial charge on any atom is -0.458 e. The van der Waals surface area contributed by atoms with E-state index in [2.05, 4.69) is 4.98 Å². The number of carbonyl (C=O) groups excluding carboxylic acids is 2. The number of ether oxygens (including phenoxy) is 2. The van der Waals surface area contributed by atoms with Gasteiger partial charge in [0.1, 0.15) is 12.2 Å². The third kappa shape index (κ3) is 1.82. The average Bonchev–Trinajstić information content (AvgIpc) is 3.19. The fourth-order valence-corrected chi connectivity index (χ4v) is 4.46. The molecule has 2 aromatic rings. The van der Waals surface area contributed by atoms with E-state index in [9.17, 15) is 9.59 Å². The molecule has 5 nitrogen and oxygen atoms in total. The Labute approximate surface area is 132 Å². The SMILES string of the molecule is O=C(OC1C2CC3C(=O)OC1C3C2)c1ccc2ncccc2c1. The molecule has 5 unspecified atom stereocenters. The number of fused-ring (bicyclic) bond motifs is 2. The molecule has 1 aliphatic heterocycles. The summed E-state index contributed by atoms with van der Waals surface area (Å²) < 4.78 is 11.2. The molecular formula is C18H15NO4. The Kier molecular flexibility index (Phi) is 2.57. The van der Waals surface area contributed by atoms with Gasteiger partial charge in [0.2, 0.25) is 0 Å². The van der Waals surface area contributed by atoms with Crippen molar-refractivity contribution < 1.29 is 19.1 Å². The van der Waals surface area contributed by atoms with Crippen LogP contribution in [0.4, 0.5) is 0 Å². The van der Waals surface area contributed by atoms with E-state index in [1.165, 1.54) is 0 Å². The van der Waals surface area contributed by atoms with Crippen molar-refractivity contribution >= 4 is 22.8 Å². The van der Waals surface area contributed by atoms with Crippen LogP contribution < -0.4 is 0 Å². The minimum atomic E-state index is -0.354. The lowest BCUT2D eigenvalue weighted by molar-refractivity contribution is -0.146. The summed E-state index contributed by atoms with van der Waals surface area (Å²) in [5.41, 5.74) is 1.35. The van der Waals surface area contributed by atoms with Gasteiger partial charge in [-0.3, -0.25) is 9.78 Å². The summed E-state index contributed by atoms with van der Waals surface area (Å²) in [6.07, 6.45) is 2.91. The van der Waals surface area contributed by atoms with E-state index in [4.69, 9.17) is 9.47 Å². The number of carbonyl (C=O) groups is 2. The molecule has 3 aliphatic rings. The number of esters is 2. The molecule has 0 amide bonds. The molecule has 1 saturated heterocycles. The Morgan fingerprint density at radius 1 is 1.26 bits per heavy atom. The molecule has 3 fully saturated rings. The van der Waals surface area contributed by atoms with Gasteiger partial charge in [-0.1, -0.05) is 6.07 Å². The highest BCUT2D eigenvalue weighted by atomic mass is 16.6. The molecule has 0 radical (unpaired) electrons. The van der Waals surface area contributed by atoms with Crippen molar-refractivity contribution in [2.24, 2.45) is 17.8 Å². The van der Waals surface area contributed by atoms with E-state index in [1.807, 2.05) is 18.2 Å². The lowest BCUT2D eigenvalue weighted by atomic mass is 9.88. The van der Waals surface area contributed by atoms with E-state index >= 15 is 0 Å². The van der Waals surface area contributed by atoms with Gasteiger partial charge < -0.3 is 9.47 Å². The zero-order valence-corrected chi connectivity index (χ0v) is 12.3. The van der Waals surface area contributed by atoms with Gasteiger partial charge in [0, 0.05) is 23.4 Å². The van der Waals surface area contributed by atoms with Gasteiger partial charge in [0.25, 0.3) is 0 Å². The first-order valence-electron chi connectivity index (χ1n) is 7.97. The summed E-state index contributed by atoms with van der Waals surface area (Å²) in [5.74, 6) is 0.0657. The first-order chi connectivity index (χ1) is 11.2. The van der Waals surface area contributed by atoms with E-state index in [-0.39, 0.29) is 41.9 Å². The molecule has 116 valence electrons. The highest BCUT2D eigenvalue weighted by Crippen LogP contribution is 2.55. The molecule has 2 heterocycles. The fraction of sp³-hybridized carbons (Fsp3) is 0.389. The van der Waals surface area contributed by atoms with E-state index in [1.54, 1.807) is 18.3 Å². The molecule has 5 rings (SSSR count). The lowest BCUT2D eigenvalue weighted by Crippen LogP contribution is -2.36. The standard InChI is InChI=1S/C18H15NO4/c20-17(10-3-4-14-9(6-10)2-1-5-19-14)22-15-11-7-12-13(8-11)18(21)23-16(12)15/h1-6,11-13,15-16H,7-8H2. The van der Waals surface area contributed by atoms with Crippen LogP contribution >= 0.6 is 0 Å². The van der Waals surface area contributed by atoms with E-state index < -0.39 is 0 Å². The normalized spacial score (nSPS) is 33.9. The monoisotopic (exact) mass is 309 g/mol. The van der Waals surface area contributed by atoms with Gasteiger partial charge in [-0.2, -0.15) is 0 Å². The summed E-state index contributed by atoms with van der Waals surface area (Å²) in [6, 6.07) is 9.10. The molecule has 0 N–H and O–H groups in total. The number of benzene rings is 1. The largest absolute Gasteiger partial charge is 0.458 e. The fourth-order valence-electron chi connectivity index (χ4n) is 4.46. The van der Waals surface area contributed by atoms with Crippen LogP contribution in [-0.2, 0) is 14.3 Å². The Morgan fingerprint density at radius 3 is 3.09 bits per heavy atom. The molecule has 1 aromatic carbocycles. The summed E-state index contributed by atoms with van der Waals surface area (Å²) >= 11 is 0. The van der Waals surface area contributed by atoms with Crippen LogP contribution in [-0.4, -0.2) is 29.1 Å². The second-order valence-corrected chi connectivity index (χ2v) is 6.68. The van der Waals surface area contributed by atoms with Crippen molar-refractivity contribution in [2.45, 2.75) is 25.0 Å². The van der Waals surface area contributed by atoms with Crippen molar-refractivity contribution in [1.82, 2.24) is 4.98 Å². The zero-order chi connectivity index (χ0) is 15.6. The summed E-state index contributed by atoms with van der Waals surface area (Å²) in [6.45, 7) is 0. The van der Waals surface area contributed by atoms with Gasteiger partial charge in [0.05, 0.1) is 17.0 Å². The van der Waals surface area contributed by atoms with Crippen molar-refractivity contribution in [3.05, 3.63) is 42.1 Å². The minimum absolute atomic E-state index is 0.0340. The third-order valence-electron chi connectivity index (χ3n) is 5.50. The molecule has 2 aliphatic carbocycles. The maximum atomic E-state index is 12.5. The molecule has 5 atom stereocenters. The second-order valence-electron chi connectivity index (χ2n) is 6.68. The Morgan fingerprint density at radius 2 is 2.17 bits per heavy atom. The smallest absolute Gasteiger partial charge is 0.338 e. The lowest BCUT2D eigenvalue weighted by Gasteiger charge is -2.25. The number of hydrogen-bond donors (Lipinski definition) is 0. The van der Waals surface area contributed by atoms with Crippen molar-refractivity contribution in [3.8, 4) is 0 Å². The van der Waals surface area contributed by atoms with Gasteiger partial charge >= 0.3 is 11.9 Å². The molecule has 23 heavy (non-hydrogen) atoms. The maximum Gasteiger partial charge on any atom is 0.338 e. The first-order valence-corrected chi connectivity index (χ1v) is 7.97. The maximum absolute atomic E-state index is 12.5. The van der Waals surface area contributed by atoms with Gasteiger partial charge in [-0.05, 0) is 37.1 Å². The van der Waals surface area contributed by atoms with Crippen LogP contribution in [0, 0.1) is 17.8 Å². The van der Waals surface area contributed by atoms with E-state index in [0.717, 1.165) is 23.7 Å². The topological polar surface area (TPSA) is 65.5 Å². The van der Waals surface area contributed by atoms with Crippen molar-refractivity contribution in [2.75, 3.05) is 0 Å². The van der Waals surface area contributed by atoms with Crippen LogP contribution in [0.3, 0.4) is 0 Å². The molecular weight excluding hydrogens is 294 g/mol. The number of hydrogen-bond acceptors (Lipinski definition) is 5. The summed E-state index contributed by atoms with van der Waals surface area (Å²) in [5, 5.41) is 0.905. The molecule has 5 heteroatoms. The van der Waals surface area contributed by atoms with Gasteiger partial charge in [0.15, 0.2) is 0 Å². The summed E-state index contributed by atoms with van der Waals surface area (Å²) in [7, 11) is 0. The zero-order valence-electron chi connectivity index (χ0n) is 12.3. The number of pyridine rings is 1. The molecule has 0 spiro atoms. The quantitative estimate of drug-likeness (QED) is 0.797. The number of rotatable bonds is 2. The molecule has 2 bridgehead atoms. The molecule has 2 saturated carbocycles. The van der Waals surface area contributed by atoms with Crippen LogP contribution in [0.25, 0.3) is 10.9 Å². The van der Waals surface area contributed by atoms with Crippen molar-refractivity contribution in [1.29, 1.82) is 0 Å². The van der Waals surface area contributed by atoms with E-state index in [0.29, 0.717) is 5.56 Å². The predicted octanol–water partition coefficient (Wildman–Crippen LogP) is 2.34.